The second kappa shape index (κ2) is 3.80. The van der Waals surface area contributed by atoms with Crippen LogP contribution in [0.1, 0.15) is 5.56 Å². The molecule has 0 atom stereocenters. The van der Waals surface area contributed by atoms with Gasteiger partial charge < -0.3 is 4.84 Å². The van der Waals surface area contributed by atoms with Gasteiger partial charge in [-0.15, -0.1) is 5.10 Å². The van der Waals surface area contributed by atoms with Crippen LogP contribution in [0.5, 0.6) is 5.75 Å². The number of nitrogens with zero attached hydrogens (tertiary/aromatic N) is 3. The first kappa shape index (κ1) is 9.21. The number of hydrogen-bond acceptors (Lipinski definition) is 3. The summed E-state index contributed by atoms with van der Waals surface area (Å²) in [7, 11) is 0. The first-order valence-electron chi connectivity index (χ1n) is 4.16. The summed E-state index contributed by atoms with van der Waals surface area (Å²) in [6.07, 6.45) is 2.81. The summed E-state index contributed by atoms with van der Waals surface area (Å²) in [4.78, 5) is 6.35. The SMILES string of the molecule is N#Cc1cnn(Oc2ccc(F)cc2)c1. The maximum Gasteiger partial charge on any atom is 0.158 e. The van der Waals surface area contributed by atoms with Crippen LogP contribution in [-0.4, -0.2) is 9.94 Å². The predicted octanol–water partition coefficient (Wildman–Crippen LogP) is 1.74. The Morgan fingerprint density at radius 3 is 2.67 bits per heavy atom. The van der Waals surface area contributed by atoms with Crippen LogP contribution in [0, 0.1) is 17.1 Å². The van der Waals surface area contributed by atoms with Gasteiger partial charge in [0.15, 0.2) is 5.75 Å². The van der Waals surface area contributed by atoms with Crippen molar-refractivity contribution >= 4 is 0 Å². The van der Waals surface area contributed by atoms with Gasteiger partial charge in [0.05, 0.1) is 18.0 Å². The first-order chi connectivity index (χ1) is 7.28. The minimum atomic E-state index is -0.333. The fourth-order valence-corrected chi connectivity index (χ4v) is 1.02. The maximum atomic E-state index is 12.6. The molecule has 74 valence electrons. The van der Waals surface area contributed by atoms with E-state index in [1.807, 2.05) is 6.07 Å². The van der Waals surface area contributed by atoms with Gasteiger partial charge in [0.25, 0.3) is 0 Å². The molecule has 0 aliphatic heterocycles. The highest BCUT2D eigenvalue weighted by Gasteiger charge is 1.99. The Hall–Kier alpha value is -2.35. The van der Waals surface area contributed by atoms with Gasteiger partial charge in [-0.3, -0.25) is 0 Å². The van der Waals surface area contributed by atoms with Gasteiger partial charge in [-0.1, -0.05) is 4.85 Å². The lowest BCUT2D eigenvalue weighted by atomic mass is 10.3. The Morgan fingerprint density at radius 1 is 1.33 bits per heavy atom. The van der Waals surface area contributed by atoms with E-state index in [1.165, 1.54) is 36.7 Å². The molecule has 0 aliphatic rings. The van der Waals surface area contributed by atoms with Gasteiger partial charge in [0.1, 0.15) is 11.9 Å². The van der Waals surface area contributed by atoms with E-state index in [2.05, 4.69) is 5.10 Å². The highest BCUT2D eigenvalue weighted by atomic mass is 19.1. The molecule has 0 fully saturated rings. The molecule has 0 spiro atoms. The van der Waals surface area contributed by atoms with E-state index < -0.39 is 0 Å². The van der Waals surface area contributed by atoms with Crippen molar-refractivity contribution in [2.75, 3.05) is 0 Å². The second-order valence-electron chi connectivity index (χ2n) is 2.79. The molecule has 0 unspecified atom stereocenters. The molecular formula is C10H6FN3O. The van der Waals surface area contributed by atoms with Gasteiger partial charge in [0, 0.05) is 0 Å². The number of aromatic nitrogens is 2. The third-order valence-corrected chi connectivity index (χ3v) is 1.70. The molecule has 0 amide bonds. The predicted molar refractivity (Wildman–Crippen MR) is 49.4 cm³/mol. The summed E-state index contributed by atoms with van der Waals surface area (Å²) in [6.45, 7) is 0. The van der Waals surface area contributed by atoms with Crippen LogP contribution >= 0.6 is 0 Å². The summed E-state index contributed by atoms with van der Waals surface area (Å²) >= 11 is 0. The summed E-state index contributed by atoms with van der Waals surface area (Å²) in [5.74, 6) is 0.115. The molecule has 1 heterocycles. The van der Waals surface area contributed by atoms with Crippen molar-refractivity contribution in [1.29, 1.82) is 5.26 Å². The van der Waals surface area contributed by atoms with Gasteiger partial charge in [-0.25, -0.2) is 4.39 Å². The van der Waals surface area contributed by atoms with E-state index in [0.29, 0.717) is 11.3 Å². The van der Waals surface area contributed by atoms with Crippen LogP contribution in [0.4, 0.5) is 4.39 Å². The monoisotopic (exact) mass is 203 g/mol. The largest absolute Gasteiger partial charge is 0.358 e. The molecular weight excluding hydrogens is 197 g/mol. The Bertz CT molecular complexity index is 498. The van der Waals surface area contributed by atoms with Gasteiger partial charge in [0.2, 0.25) is 0 Å². The van der Waals surface area contributed by atoms with Crippen molar-refractivity contribution in [3.8, 4) is 11.8 Å². The third-order valence-electron chi connectivity index (χ3n) is 1.70. The van der Waals surface area contributed by atoms with Gasteiger partial charge in [-0.05, 0) is 24.3 Å². The normalized spacial score (nSPS) is 9.60. The quantitative estimate of drug-likeness (QED) is 0.746. The molecule has 15 heavy (non-hydrogen) atoms. The van der Waals surface area contributed by atoms with Crippen molar-refractivity contribution in [2.45, 2.75) is 0 Å². The molecule has 0 saturated carbocycles. The van der Waals surface area contributed by atoms with Crippen LogP contribution < -0.4 is 4.84 Å². The van der Waals surface area contributed by atoms with Gasteiger partial charge in [-0.2, -0.15) is 5.26 Å². The van der Waals surface area contributed by atoms with Crippen LogP contribution in [0.25, 0.3) is 0 Å². The Kier molecular flexibility index (Phi) is 2.33. The molecule has 2 rings (SSSR count). The average molecular weight is 203 g/mol. The highest BCUT2D eigenvalue weighted by Crippen LogP contribution is 2.11. The summed E-state index contributed by atoms with van der Waals surface area (Å²) in [5.41, 5.74) is 0.400. The molecule has 0 bridgehead atoms. The zero-order chi connectivity index (χ0) is 10.7. The standard InChI is InChI=1S/C10H6FN3O/c11-9-1-3-10(4-2-9)15-14-7-8(5-12)6-13-14/h1-4,6-7H. The number of rotatable bonds is 2. The molecule has 0 N–H and O–H groups in total. The summed E-state index contributed by atoms with van der Waals surface area (Å²) in [6, 6.07) is 7.43. The van der Waals surface area contributed by atoms with Crippen LogP contribution in [0.2, 0.25) is 0 Å². The molecule has 2 aromatic rings. The molecule has 0 saturated heterocycles. The van der Waals surface area contributed by atoms with E-state index in [0.717, 1.165) is 4.85 Å². The van der Waals surface area contributed by atoms with E-state index in [-0.39, 0.29) is 5.82 Å². The summed E-state index contributed by atoms with van der Waals surface area (Å²) in [5, 5.41) is 12.3. The van der Waals surface area contributed by atoms with E-state index >= 15 is 0 Å². The lowest BCUT2D eigenvalue weighted by Gasteiger charge is -2.02. The first-order valence-corrected chi connectivity index (χ1v) is 4.16. The molecule has 0 radical (unpaired) electrons. The lowest BCUT2D eigenvalue weighted by Crippen LogP contribution is -2.04. The maximum absolute atomic E-state index is 12.6. The number of nitriles is 1. The van der Waals surface area contributed by atoms with Crippen molar-refractivity contribution in [3.05, 3.63) is 48.0 Å². The smallest absolute Gasteiger partial charge is 0.158 e. The van der Waals surface area contributed by atoms with Crippen molar-refractivity contribution in [2.24, 2.45) is 0 Å². The van der Waals surface area contributed by atoms with E-state index in [4.69, 9.17) is 10.1 Å². The Balaban J connectivity index is 2.15. The lowest BCUT2D eigenvalue weighted by molar-refractivity contribution is 0.178. The number of benzene rings is 1. The minimum Gasteiger partial charge on any atom is -0.358 e. The molecule has 4 nitrogen and oxygen atoms in total. The van der Waals surface area contributed by atoms with Crippen molar-refractivity contribution in [1.82, 2.24) is 9.94 Å². The van der Waals surface area contributed by atoms with E-state index in [1.54, 1.807) is 0 Å². The summed E-state index contributed by atoms with van der Waals surface area (Å²) < 4.78 is 12.6. The molecule has 1 aromatic heterocycles. The topological polar surface area (TPSA) is 50.8 Å². The third kappa shape index (κ3) is 2.11. The molecule has 5 heteroatoms. The number of hydrogen-bond donors (Lipinski definition) is 0. The fourth-order valence-electron chi connectivity index (χ4n) is 1.02. The highest BCUT2D eigenvalue weighted by molar-refractivity contribution is 5.24. The van der Waals surface area contributed by atoms with Crippen molar-refractivity contribution < 1.29 is 9.23 Å². The average Bonchev–Trinajstić information content (AvgIpc) is 2.69. The molecule has 0 aliphatic carbocycles. The molecule has 1 aromatic carbocycles. The van der Waals surface area contributed by atoms with Crippen LogP contribution in [0.3, 0.4) is 0 Å². The fraction of sp³-hybridized carbons (Fsp3) is 0. The Morgan fingerprint density at radius 2 is 2.07 bits per heavy atom. The zero-order valence-electron chi connectivity index (χ0n) is 7.59. The van der Waals surface area contributed by atoms with Crippen molar-refractivity contribution in [3.63, 3.8) is 0 Å². The minimum absolute atomic E-state index is 0.333. The zero-order valence-corrected chi connectivity index (χ0v) is 7.59. The second-order valence-corrected chi connectivity index (χ2v) is 2.79. The van der Waals surface area contributed by atoms with E-state index in [9.17, 15) is 4.39 Å². The van der Waals surface area contributed by atoms with Gasteiger partial charge >= 0.3 is 0 Å². The van der Waals surface area contributed by atoms with Crippen LogP contribution in [-0.2, 0) is 0 Å². The Labute approximate surface area is 85.1 Å². The van der Waals surface area contributed by atoms with Crippen LogP contribution in [0.15, 0.2) is 36.7 Å². The number of halogens is 1.